The van der Waals surface area contributed by atoms with E-state index in [4.69, 9.17) is 0 Å². The Morgan fingerprint density at radius 2 is 1.76 bits per heavy atom. The van der Waals surface area contributed by atoms with Crippen LogP contribution in [0.4, 0.5) is 10.1 Å². The van der Waals surface area contributed by atoms with Gasteiger partial charge in [-0.15, -0.1) is 24.0 Å². The summed E-state index contributed by atoms with van der Waals surface area (Å²) in [6, 6.07) is 6.89. The molecule has 2 aliphatic rings. The van der Waals surface area contributed by atoms with E-state index in [0.717, 1.165) is 51.5 Å². The Morgan fingerprint density at radius 3 is 2.31 bits per heavy atom. The highest BCUT2D eigenvalue weighted by atomic mass is 127. The lowest BCUT2D eigenvalue weighted by Crippen LogP contribution is -2.53. The Labute approximate surface area is 190 Å². The van der Waals surface area contributed by atoms with Crippen molar-refractivity contribution in [1.82, 2.24) is 14.5 Å². The highest BCUT2D eigenvalue weighted by molar-refractivity contribution is 14.0. The second-order valence-electron chi connectivity index (χ2n) is 7.46. The summed E-state index contributed by atoms with van der Waals surface area (Å²) in [7, 11) is -1.31. The number of para-hydroxylation sites is 1. The Hall–Kier alpha value is -1.14. The minimum absolute atomic E-state index is 0. The second kappa shape index (κ2) is 10.8. The van der Waals surface area contributed by atoms with Gasteiger partial charge in [0.25, 0.3) is 0 Å². The van der Waals surface area contributed by atoms with E-state index in [0.29, 0.717) is 24.7 Å². The quantitative estimate of drug-likeness (QED) is 0.359. The third-order valence-corrected chi connectivity index (χ3v) is 6.88. The first-order valence-corrected chi connectivity index (χ1v) is 11.6. The fourth-order valence-electron chi connectivity index (χ4n) is 3.88. The van der Waals surface area contributed by atoms with Crippen LogP contribution in [0.15, 0.2) is 29.3 Å². The number of halogens is 2. The Kier molecular flexibility index (Phi) is 8.95. The molecule has 0 bridgehead atoms. The number of nitrogens with zero attached hydrogens (tertiary/aromatic N) is 4. The predicted molar refractivity (Wildman–Crippen MR) is 126 cm³/mol. The maximum absolute atomic E-state index is 14.0. The Bertz CT molecular complexity index is 792. The summed E-state index contributed by atoms with van der Waals surface area (Å²) in [5, 5.41) is 3.44. The molecule has 0 aliphatic carbocycles. The van der Waals surface area contributed by atoms with E-state index in [1.807, 2.05) is 12.1 Å². The molecule has 1 N–H and O–H groups in total. The zero-order valence-electron chi connectivity index (χ0n) is 17.1. The molecule has 2 saturated heterocycles. The lowest BCUT2D eigenvalue weighted by atomic mass is 9.98. The van der Waals surface area contributed by atoms with Crippen molar-refractivity contribution < 1.29 is 12.8 Å². The lowest BCUT2D eigenvalue weighted by Gasteiger charge is -2.38. The smallest absolute Gasteiger partial charge is 0.211 e. The SMILES string of the molecule is CN=C(NCC1CCN(S(C)(=O)=O)CC1)N1CCN(c2ccccc2F)CC1.I. The van der Waals surface area contributed by atoms with Crippen molar-refractivity contribution in [2.24, 2.45) is 10.9 Å². The fourth-order valence-corrected chi connectivity index (χ4v) is 4.75. The van der Waals surface area contributed by atoms with Crippen molar-refractivity contribution in [1.29, 1.82) is 0 Å². The average Bonchev–Trinajstić information content (AvgIpc) is 2.69. The summed E-state index contributed by atoms with van der Waals surface area (Å²) in [4.78, 5) is 8.67. The molecule has 2 heterocycles. The van der Waals surface area contributed by atoms with E-state index in [-0.39, 0.29) is 29.8 Å². The van der Waals surface area contributed by atoms with Crippen LogP contribution in [0.1, 0.15) is 12.8 Å². The van der Waals surface area contributed by atoms with Crippen molar-refractivity contribution in [3.63, 3.8) is 0 Å². The summed E-state index contributed by atoms with van der Waals surface area (Å²) in [5.74, 6) is 1.12. The van der Waals surface area contributed by atoms with Gasteiger partial charge in [-0.25, -0.2) is 17.1 Å². The number of piperidine rings is 1. The number of aliphatic imine (C=N–C) groups is 1. The van der Waals surface area contributed by atoms with E-state index < -0.39 is 10.0 Å². The van der Waals surface area contributed by atoms with E-state index in [9.17, 15) is 12.8 Å². The summed E-state index contributed by atoms with van der Waals surface area (Å²) in [6.45, 7) is 5.01. The van der Waals surface area contributed by atoms with Crippen LogP contribution >= 0.6 is 24.0 Å². The molecule has 164 valence electrons. The number of rotatable bonds is 4. The molecule has 0 saturated carbocycles. The summed E-state index contributed by atoms with van der Waals surface area (Å²) in [5.41, 5.74) is 0.655. The van der Waals surface area contributed by atoms with Crippen LogP contribution in [-0.2, 0) is 10.0 Å². The van der Waals surface area contributed by atoms with Gasteiger partial charge in [0.1, 0.15) is 5.82 Å². The maximum Gasteiger partial charge on any atom is 0.211 e. The van der Waals surface area contributed by atoms with Gasteiger partial charge in [-0.3, -0.25) is 4.99 Å². The molecule has 1 aromatic carbocycles. The average molecular weight is 539 g/mol. The normalized spacial score (nSPS) is 19.8. The molecule has 7 nitrogen and oxygen atoms in total. The molecular weight excluding hydrogens is 508 g/mol. The van der Waals surface area contributed by atoms with Gasteiger partial charge in [-0.2, -0.15) is 0 Å². The molecule has 2 fully saturated rings. The van der Waals surface area contributed by atoms with E-state index in [1.54, 1.807) is 17.4 Å². The predicted octanol–water partition coefficient (Wildman–Crippen LogP) is 1.81. The van der Waals surface area contributed by atoms with Crippen LogP contribution < -0.4 is 10.2 Å². The molecular formula is C19H31FIN5O2S. The summed E-state index contributed by atoms with van der Waals surface area (Å²) < 4.78 is 38.8. The van der Waals surface area contributed by atoms with E-state index >= 15 is 0 Å². The van der Waals surface area contributed by atoms with Crippen molar-refractivity contribution in [2.45, 2.75) is 12.8 Å². The Morgan fingerprint density at radius 1 is 1.14 bits per heavy atom. The Balaban J connectivity index is 0.00000300. The topological polar surface area (TPSA) is 68.2 Å². The van der Waals surface area contributed by atoms with E-state index in [2.05, 4.69) is 20.1 Å². The van der Waals surface area contributed by atoms with Crippen LogP contribution in [0.3, 0.4) is 0 Å². The van der Waals surface area contributed by atoms with Crippen LogP contribution in [0.25, 0.3) is 0 Å². The van der Waals surface area contributed by atoms with Gasteiger partial charge in [0.05, 0.1) is 11.9 Å². The summed E-state index contributed by atoms with van der Waals surface area (Å²) in [6.07, 6.45) is 2.99. The fraction of sp³-hybridized carbons (Fsp3) is 0.632. The molecule has 0 unspecified atom stereocenters. The van der Waals surface area contributed by atoms with Crippen LogP contribution in [0.2, 0.25) is 0 Å². The number of guanidine groups is 1. The van der Waals surface area contributed by atoms with Crippen molar-refractivity contribution in [3.8, 4) is 0 Å². The first-order valence-electron chi connectivity index (χ1n) is 9.78. The summed E-state index contributed by atoms with van der Waals surface area (Å²) >= 11 is 0. The van der Waals surface area contributed by atoms with Crippen LogP contribution in [0.5, 0.6) is 0 Å². The largest absolute Gasteiger partial charge is 0.366 e. The molecule has 3 rings (SSSR count). The van der Waals surface area contributed by atoms with Crippen molar-refractivity contribution in [2.75, 3.05) is 64.0 Å². The standard InChI is InChI=1S/C19H30FN5O2S.HI/c1-21-19(22-15-16-7-9-25(10-8-16)28(2,26)27)24-13-11-23(12-14-24)18-6-4-3-5-17(18)20;/h3-6,16H,7-15H2,1-2H3,(H,21,22);1H. The third kappa shape index (κ3) is 6.42. The number of hydrogen-bond donors (Lipinski definition) is 1. The number of anilines is 1. The highest BCUT2D eigenvalue weighted by Gasteiger charge is 2.26. The zero-order chi connectivity index (χ0) is 20.1. The van der Waals surface area contributed by atoms with Crippen molar-refractivity contribution >= 4 is 45.6 Å². The van der Waals surface area contributed by atoms with Gasteiger partial charge in [0.15, 0.2) is 5.96 Å². The first-order chi connectivity index (χ1) is 13.4. The van der Waals surface area contributed by atoms with Crippen LogP contribution in [-0.4, -0.2) is 82.7 Å². The molecule has 0 radical (unpaired) electrons. The third-order valence-electron chi connectivity index (χ3n) is 5.58. The highest BCUT2D eigenvalue weighted by Crippen LogP contribution is 2.21. The van der Waals surface area contributed by atoms with Gasteiger partial charge in [-0.05, 0) is 30.9 Å². The number of nitrogens with one attached hydrogen (secondary N) is 1. The molecule has 0 amide bonds. The maximum atomic E-state index is 14.0. The number of benzene rings is 1. The van der Waals surface area contributed by atoms with Gasteiger partial charge >= 0.3 is 0 Å². The number of piperazine rings is 1. The zero-order valence-corrected chi connectivity index (χ0v) is 20.2. The van der Waals surface area contributed by atoms with Gasteiger partial charge in [-0.1, -0.05) is 12.1 Å². The van der Waals surface area contributed by atoms with E-state index in [1.165, 1.54) is 12.3 Å². The number of hydrogen-bond acceptors (Lipinski definition) is 4. The monoisotopic (exact) mass is 539 g/mol. The van der Waals surface area contributed by atoms with Gasteiger partial charge < -0.3 is 15.1 Å². The van der Waals surface area contributed by atoms with Crippen LogP contribution in [0, 0.1) is 11.7 Å². The molecule has 2 aliphatic heterocycles. The molecule has 0 aromatic heterocycles. The second-order valence-corrected chi connectivity index (χ2v) is 9.44. The minimum atomic E-state index is -3.08. The molecule has 1 aromatic rings. The van der Waals surface area contributed by atoms with Gasteiger partial charge in [0, 0.05) is 52.9 Å². The molecule has 0 spiro atoms. The number of sulfonamides is 1. The van der Waals surface area contributed by atoms with Gasteiger partial charge in [0.2, 0.25) is 10.0 Å². The van der Waals surface area contributed by atoms with Crippen molar-refractivity contribution in [3.05, 3.63) is 30.1 Å². The minimum Gasteiger partial charge on any atom is -0.366 e. The molecule has 29 heavy (non-hydrogen) atoms. The molecule has 0 atom stereocenters. The first kappa shape index (κ1) is 24.1. The lowest BCUT2D eigenvalue weighted by molar-refractivity contribution is 0.271. The molecule has 10 heteroatoms.